The largest absolute Gasteiger partial charge is 0.508 e. The molecule has 0 atom stereocenters. The summed E-state index contributed by atoms with van der Waals surface area (Å²) in [5, 5.41) is 13.1. The van der Waals surface area contributed by atoms with Crippen LogP contribution in [0.25, 0.3) is 0 Å². The number of hydrogen-bond donors (Lipinski definition) is 2. The summed E-state index contributed by atoms with van der Waals surface area (Å²) in [6, 6.07) is 11.2. The van der Waals surface area contributed by atoms with Gasteiger partial charge in [0.2, 0.25) is 0 Å². The van der Waals surface area contributed by atoms with E-state index in [-0.39, 0.29) is 11.7 Å². The third-order valence-corrected chi connectivity index (χ3v) is 2.94. The van der Waals surface area contributed by atoms with Crippen molar-refractivity contribution < 1.29 is 19.4 Å². The molecule has 1 amide bonds. The number of carbonyl (C=O) groups excluding carboxylic acids is 1. The molecule has 0 spiro atoms. The lowest BCUT2D eigenvalue weighted by atomic mass is 10.2. The van der Waals surface area contributed by atoms with E-state index in [1.54, 1.807) is 32.4 Å². The van der Waals surface area contributed by atoms with Gasteiger partial charge in [-0.1, -0.05) is 0 Å². The van der Waals surface area contributed by atoms with E-state index in [1.165, 1.54) is 30.5 Å². The molecular weight excluding hydrogens is 284 g/mol. The normalized spacial score (nSPS) is 10.5. The van der Waals surface area contributed by atoms with E-state index in [2.05, 4.69) is 10.5 Å². The zero-order chi connectivity index (χ0) is 15.9. The topological polar surface area (TPSA) is 80.2 Å². The van der Waals surface area contributed by atoms with Crippen LogP contribution in [0.4, 0.5) is 0 Å². The van der Waals surface area contributed by atoms with Crippen LogP contribution in [-0.2, 0) is 0 Å². The van der Waals surface area contributed by atoms with Crippen LogP contribution in [0.15, 0.2) is 47.6 Å². The highest BCUT2D eigenvalue weighted by molar-refractivity contribution is 5.95. The lowest BCUT2D eigenvalue weighted by molar-refractivity contribution is 0.0955. The summed E-state index contributed by atoms with van der Waals surface area (Å²) < 4.78 is 10.3. The van der Waals surface area contributed by atoms with Crippen LogP contribution in [-0.4, -0.2) is 31.4 Å². The molecule has 22 heavy (non-hydrogen) atoms. The smallest absolute Gasteiger partial charge is 0.271 e. The molecule has 0 aliphatic rings. The van der Waals surface area contributed by atoms with Gasteiger partial charge in [0, 0.05) is 17.2 Å². The van der Waals surface area contributed by atoms with Gasteiger partial charge in [0.15, 0.2) is 0 Å². The number of ether oxygens (including phenoxy) is 2. The highest BCUT2D eigenvalue weighted by atomic mass is 16.5. The summed E-state index contributed by atoms with van der Waals surface area (Å²) in [6.45, 7) is 0. The number of aromatic hydroxyl groups is 1. The molecule has 2 aromatic carbocycles. The molecule has 6 nitrogen and oxygen atoms in total. The second-order valence-corrected chi connectivity index (χ2v) is 4.35. The lowest BCUT2D eigenvalue weighted by Gasteiger charge is -2.07. The molecule has 0 aromatic heterocycles. The van der Waals surface area contributed by atoms with Gasteiger partial charge in [-0.25, -0.2) is 5.43 Å². The monoisotopic (exact) mass is 300 g/mol. The molecule has 2 rings (SSSR count). The van der Waals surface area contributed by atoms with Crippen LogP contribution in [0.1, 0.15) is 15.9 Å². The Labute approximate surface area is 128 Å². The van der Waals surface area contributed by atoms with E-state index in [9.17, 15) is 9.90 Å². The Morgan fingerprint density at radius 3 is 2.50 bits per heavy atom. The molecule has 114 valence electrons. The Kier molecular flexibility index (Phi) is 4.98. The third-order valence-electron chi connectivity index (χ3n) is 2.94. The fourth-order valence-electron chi connectivity index (χ4n) is 1.76. The van der Waals surface area contributed by atoms with Crippen LogP contribution in [0.5, 0.6) is 17.2 Å². The van der Waals surface area contributed by atoms with Gasteiger partial charge in [-0.05, 0) is 36.4 Å². The number of carbonyl (C=O) groups is 1. The van der Waals surface area contributed by atoms with Crippen molar-refractivity contribution in [3.05, 3.63) is 53.6 Å². The van der Waals surface area contributed by atoms with Gasteiger partial charge in [0.1, 0.15) is 17.2 Å². The Morgan fingerprint density at radius 2 is 1.86 bits per heavy atom. The van der Waals surface area contributed by atoms with Crippen molar-refractivity contribution in [1.29, 1.82) is 0 Å². The maximum atomic E-state index is 11.8. The molecule has 0 aliphatic heterocycles. The first-order chi connectivity index (χ1) is 10.6. The highest BCUT2D eigenvalue weighted by Gasteiger charge is 2.05. The summed E-state index contributed by atoms with van der Waals surface area (Å²) in [7, 11) is 3.11. The van der Waals surface area contributed by atoms with Gasteiger partial charge in [0.05, 0.1) is 20.4 Å². The number of amides is 1. The van der Waals surface area contributed by atoms with Crippen molar-refractivity contribution in [3.8, 4) is 17.2 Å². The van der Waals surface area contributed by atoms with E-state index in [0.29, 0.717) is 22.6 Å². The van der Waals surface area contributed by atoms with Gasteiger partial charge in [-0.2, -0.15) is 5.10 Å². The molecule has 0 fully saturated rings. The number of phenolic OH excluding ortho intramolecular Hbond substituents is 1. The van der Waals surface area contributed by atoms with Crippen molar-refractivity contribution in [2.24, 2.45) is 5.10 Å². The number of nitrogens with one attached hydrogen (secondary N) is 1. The zero-order valence-corrected chi connectivity index (χ0v) is 12.2. The van der Waals surface area contributed by atoms with Gasteiger partial charge in [-0.15, -0.1) is 0 Å². The summed E-state index contributed by atoms with van der Waals surface area (Å²) in [5.74, 6) is 0.982. The fraction of sp³-hybridized carbons (Fsp3) is 0.125. The predicted molar refractivity (Wildman–Crippen MR) is 82.7 cm³/mol. The molecule has 0 saturated carbocycles. The second-order valence-electron chi connectivity index (χ2n) is 4.35. The van der Waals surface area contributed by atoms with Gasteiger partial charge >= 0.3 is 0 Å². The van der Waals surface area contributed by atoms with Crippen molar-refractivity contribution in [1.82, 2.24) is 5.43 Å². The van der Waals surface area contributed by atoms with Crippen molar-refractivity contribution in [3.63, 3.8) is 0 Å². The molecular formula is C16H16N2O4. The molecule has 0 unspecified atom stereocenters. The molecule has 0 bridgehead atoms. The third kappa shape index (κ3) is 3.76. The van der Waals surface area contributed by atoms with Crippen LogP contribution in [0.2, 0.25) is 0 Å². The van der Waals surface area contributed by atoms with E-state index in [4.69, 9.17) is 9.47 Å². The molecule has 2 N–H and O–H groups in total. The van der Waals surface area contributed by atoms with Crippen LogP contribution < -0.4 is 14.9 Å². The highest BCUT2D eigenvalue weighted by Crippen LogP contribution is 2.23. The minimum Gasteiger partial charge on any atom is -0.508 e. The molecule has 6 heteroatoms. The average Bonchev–Trinajstić information content (AvgIpc) is 2.55. The maximum Gasteiger partial charge on any atom is 0.271 e. The average molecular weight is 300 g/mol. The fourth-order valence-corrected chi connectivity index (χ4v) is 1.76. The second kappa shape index (κ2) is 7.12. The standard InChI is InChI=1S/C16H16N2O4/c1-21-14-8-5-12(15(9-14)22-2)10-17-18-16(20)11-3-6-13(19)7-4-11/h3-10,19H,1-2H3,(H,18,20)/b17-10-. The van der Waals surface area contributed by atoms with Crippen LogP contribution >= 0.6 is 0 Å². The number of benzene rings is 2. The Hall–Kier alpha value is -3.02. The van der Waals surface area contributed by atoms with Crippen molar-refractivity contribution >= 4 is 12.1 Å². The molecule has 0 saturated heterocycles. The number of hydrogen-bond acceptors (Lipinski definition) is 5. The number of methoxy groups -OCH3 is 2. The van der Waals surface area contributed by atoms with Crippen LogP contribution in [0.3, 0.4) is 0 Å². The Balaban J connectivity index is 2.06. The SMILES string of the molecule is COc1ccc(/C=N\NC(=O)c2ccc(O)cc2)c(OC)c1. The number of hydrazone groups is 1. The Morgan fingerprint density at radius 1 is 1.14 bits per heavy atom. The van der Waals surface area contributed by atoms with E-state index in [1.807, 2.05) is 0 Å². The number of nitrogens with zero attached hydrogens (tertiary/aromatic N) is 1. The maximum absolute atomic E-state index is 11.8. The van der Waals surface area contributed by atoms with Crippen LogP contribution in [0, 0.1) is 0 Å². The minimum atomic E-state index is -0.372. The number of phenols is 1. The minimum absolute atomic E-state index is 0.100. The van der Waals surface area contributed by atoms with Gasteiger partial charge in [0.25, 0.3) is 5.91 Å². The van der Waals surface area contributed by atoms with Crippen molar-refractivity contribution in [2.75, 3.05) is 14.2 Å². The molecule has 2 aromatic rings. The molecule has 0 heterocycles. The van der Waals surface area contributed by atoms with E-state index >= 15 is 0 Å². The first-order valence-electron chi connectivity index (χ1n) is 6.48. The first kappa shape index (κ1) is 15.4. The summed E-state index contributed by atoms with van der Waals surface area (Å²) in [4.78, 5) is 11.8. The van der Waals surface area contributed by atoms with E-state index in [0.717, 1.165) is 0 Å². The summed E-state index contributed by atoms with van der Waals surface area (Å²) >= 11 is 0. The van der Waals surface area contributed by atoms with Crippen molar-refractivity contribution in [2.45, 2.75) is 0 Å². The molecule has 0 aliphatic carbocycles. The summed E-state index contributed by atoms with van der Waals surface area (Å²) in [6.07, 6.45) is 1.48. The predicted octanol–water partition coefficient (Wildman–Crippen LogP) is 2.17. The summed E-state index contributed by atoms with van der Waals surface area (Å²) in [5.41, 5.74) is 3.51. The van der Waals surface area contributed by atoms with Gasteiger partial charge in [-0.3, -0.25) is 4.79 Å². The molecule has 0 radical (unpaired) electrons. The lowest BCUT2D eigenvalue weighted by Crippen LogP contribution is -2.17. The number of rotatable bonds is 5. The van der Waals surface area contributed by atoms with E-state index < -0.39 is 0 Å². The zero-order valence-electron chi connectivity index (χ0n) is 12.2. The first-order valence-corrected chi connectivity index (χ1v) is 6.48. The van der Waals surface area contributed by atoms with Gasteiger partial charge < -0.3 is 14.6 Å². The Bertz CT molecular complexity index is 681. The quantitative estimate of drug-likeness (QED) is 0.655.